The van der Waals surface area contributed by atoms with E-state index in [2.05, 4.69) is 77.4 Å². The van der Waals surface area contributed by atoms with Crippen LogP contribution in [0.25, 0.3) is 11.1 Å². The Bertz CT molecular complexity index is 751. The van der Waals surface area contributed by atoms with Crippen molar-refractivity contribution in [2.45, 2.75) is 20.0 Å². The first-order valence-corrected chi connectivity index (χ1v) is 7.79. The summed E-state index contributed by atoms with van der Waals surface area (Å²) in [7, 11) is 2.15. The molecule has 116 valence electrons. The summed E-state index contributed by atoms with van der Waals surface area (Å²) in [6, 6.07) is 17.3. The van der Waals surface area contributed by atoms with E-state index in [4.69, 9.17) is 0 Å². The van der Waals surface area contributed by atoms with E-state index in [0.717, 1.165) is 24.2 Å². The molecule has 0 saturated heterocycles. The quantitative estimate of drug-likeness (QED) is 0.711. The predicted octanol–water partition coefficient (Wildman–Crippen LogP) is 4.08. The van der Waals surface area contributed by atoms with Crippen LogP contribution in [0.3, 0.4) is 0 Å². The summed E-state index contributed by atoms with van der Waals surface area (Å²) in [6.07, 6.45) is 5.26. The van der Waals surface area contributed by atoms with Gasteiger partial charge in [0.25, 0.3) is 0 Å². The van der Waals surface area contributed by atoms with Gasteiger partial charge in [0, 0.05) is 31.0 Å². The third-order valence-corrected chi connectivity index (χ3v) is 3.85. The molecule has 3 aromatic rings. The minimum Gasteiger partial charge on any atom is -0.298 e. The molecule has 0 aliphatic heterocycles. The van der Waals surface area contributed by atoms with Crippen molar-refractivity contribution in [1.82, 2.24) is 14.9 Å². The van der Waals surface area contributed by atoms with Gasteiger partial charge in [-0.1, -0.05) is 48.0 Å². The summed E-state index contributed by atoms with van der Waals surface area (Å²) in [5.41, 5.74) is 6.14. The Labute approximate surface area is 137 Å². The molecule has 0 atom stereocenters. The molecule has 0 spiro atoms. The van der Waals surface area contributed by atoms with Gasteiger partial charge < -0.3 is 0 Å². The fraction of sp³-hybridized carbons (Fsp3) is 0.200. The van der Waals surface area contributed by atoms with Gasteiger partial charge in [-0.15, -0.1) is 0 Å². The summed E-state index contributed by atoms with van der Waals surface area (Å²) in [6.45, 7) is 3.97. The molecule has 0 N–H and O–H groups in total. The van der Waals surface area contributed by atoms with Gasteiger partial charge in [-0.2, -0.15) is 0 Å². The van der Waals surface area contributed by atoms with Crippen LogP contribution in [0.5, 0.6) is 0 Å². The van der Waals surface area contributed by atoms with E-state index < -0.39 is 0 Å². The molecule has 0 radical (unpaired) electrons. The second kappa shape index (κ2) is 7.16. The second-order valence-corrected chi connectivity index (χ2v) is 5.99. The highest BCUT2D eigenvalue weighted by atomic mass is 15.1. The van der Waals surface area contributed by atoms with Crippen molar-refractivity contribution < 1.29 is 0 Å². The molecule has 0 fully saturated rings. The fourth-order valence-electron chi connectivity index (χ4n) is 2.67. The standard InChI is InChI=1S/C20H21N3/c1-16-6-8-17(9-7-16)13-23(2)14-18-4-3-5-19(10-18)20-11-21-15-22-12-20/h3-12,15H,13-14H2,1-2H3. The molecule has 0 unspecified atom stereocenters. The first-order chi connectivity index (χ1) is 11.2. The molecule has 1 heterocycles. The Balaban J connectivity index is 1.69. The van der Waals surface area contributed by atoms with E-state index in [1.54, 1.807) is 6.33 Å². The molecule has 3 heteroatoms. The van der Waals surface area contributed by atoms with Crippen LogP contribution in [-0.4, -0.2) is 21.9 Å². The van der Waals surface area contributed by atoms with E-state index in [0.29, 0.717) is 0 Å². The number of hydrogen-bond donors (Lipinski definition) is 0. The molecular formula is C20H21N3. The smallest absolute Gasteiger partial charge is 0.115 e. The number of rotatable bonds is 5. The van der Waals surface area contributed by atoms with E-state index in [1.165, 1.54) is 16.7 Å². The zero-order valence-corrected chi connectivity index (χ0v) is 13.6. The Morgan fingerprint density at radius 2 is 1.52 bits per heavy atom. The SMILES string of the molecule is Cc1ccc(CN(C)Cc2cccc(-c3cncnc3)c2)cc1. The van der Waals surface area contributed by atoms with E-state index in [1.807, 2.05) is 12.4 Å². The lowest BCUT2D eigenvalue weighted by Crippen LogP contribution is -2.17. The lowest BCUT2D eigenvalue weighted by Gasteiger charge is -2.17. The summed E-state index contributed by atoms with van der Waals surface area (Å²) in [4.78, 5) is 10.5. The molecule has 1 aromatic heterocycles. The monoisotopic (exact) mass is 303 g/mol. The number of hydrogen-bond acceptors (Lipinski definition) is 3. The molecule has 2 aromatic carbocycles. The molecule has 23 heavy (non-hydrogen) atoms. The van der Waals surface area contributed by atoms with Crippen LogP contribution in [0, 0.1) is 6.92 Å². The van der Waals surface area contributed by atoms with Crippen molar-refractivity contribution >= 4 is 0 Å². The Kier molecular flexibility index (Phi) is 4.79. The lowest BCUT2D eigenvalue weighted by molar-refractivity contribution is 0.319. The first kappa shape index (κ1) is 15.4. The first-order valence-electron chi connectivity index (χ1n) is 7.79. The minimum absolute atomic E-state index is 0.912. The molecule has 0 aliphatic rings. The van der Waals surface area contributed by atoms with Gasteiger partial charge >= 0.3 is 0 Å². The minimum atomic E-state index is 0.912. The van der Waals surface area contributed by atoms with Crippen LogP contribution < -0.4 is 0 Å². The molecule has 0 aliphatic carbocycles. The van der Waals surface area contributed by atoms with Crippen LogP contribution in [0.15, 0.2) is 67.3 Å². The van der Waals surface area contributed by atoms with Crippen LogP contribution in [0.1, 0.15) is 16.7 Å². The molecule has 3 rings (SSSR count). The summed E-state index contributed by atoms with van der Waals surface area (Å²) >= 11 is 0. The van der Waals surface area contributed by atoms with Crippen molar-refractivity contribution in [2.75, 3.05) is 7.05 Å². The van der Waals surface area contributed by atoms with Gasteiger partial charge in [0.1, 0.15) is 6.33 Å². The van der Waals surface area contributed by atoms with Crippen molar-refractivity contribution in [1.29, 1.82) is 0 Å². The average molecular weight is 303 g/mol. The van der Waals surface area contributed by atoms with Gasteiger partial charge in [0.2, 0.25) is 0 Å². The third-order valence-electron chi connectivity index (χ3n) is 3.85. The van der Waals surface area contributed by atoms with Crippen molar-refractivity contribution in [3.05, 3.63) is 83.9 Å². The number of aromatic nitrogens is 2. The molecule has 3 nitrogen and oxygen atoms in total. The topological polar surface area (TPSA) is 29.0 Å². The zero-order valence-electron chi connectivity index (χ0n) is 13.6. The average Bonchev–Trinajstić information content (AvgIpc) is 2.58. The molecular weight excluding hydrogens is 282 g/mol. The van der Waals surface area contributed by atoms with E-state index in [-0.39, 0.29) is 0 Å². The largest absolute Gasteiger partial charge is 0.298 e. The van der Waals surface area contributed by atoms with Crippen LogP contribution in [0.4, 0.5) is 0 Å². The molecule has 0 amide bonds. The maximum Gasteiger partial charge on any atom is 0.115 e. The second-order valence-electron chi connectivity index (χ2n) is 5.99. The maximum absolute atomic E-state index is 4.09. The maximum atomic E-state index is 4.09. The van der Waals surface area contributed by atoms with Gasteiger partial charge in [-0.3, -0.25) is 4.90 Å². The molecule has 0 saturated carbocycles. The normalized spacial score (nSPS) is 10.9. The van der Waals surface area contributed by atoms with E-state index >= 15 is 0 Å². The number of aryl methyl sites for hydroxylation is 1. The van der Waals surface area contributed by atoms with Gasteiger partial charge in [-0.05, 0) is 36.7 Å². The predicted molar refractivity (Wildman–Crippen MR) is 93.8 cm³/mol. The third kappa shape index (κ3) is 4.24. The van der Waals surface area contributed by atoms with Gasteiger partial charge in [-0.25, -0.2) is 9.97 Å². The fourth-order valence-corrected chi connectivity index (χ4v) is 2.67. The summed E-state index contributed by atoms with van der Waals surface area (Å²) in [5.74, 6) is 0. The Hall–Kier alpha value is -2.52. The highest BCUT2D eigenvalue weighted by Crippen LogP contribution is 2.19. The highest BCUT2D eigenvalue weighted by Gasteiger charge is 2.04. The summed E-state index contributed by atoms with van der Waals surface area (Å²) < 4.78 is 0. The van der Waals surface area contributed by atoms with Crippen molar-refractivity contribution in [2.24, 2.45) is 0 Å². The lowest BCUT2D eigenvalue weighted by atomic mass is 10.1. The Morgan fingerprint density at radius 1 is 0.826 bits per heavy atom. The van der Waals surface area contributed by atoms with Crippen LogP contribution in [0.2, 0.25) is 0 Å². The summed E-state index contributed by atoms with van der Waals surface area (Å²) in [5, 5.41) is 0. The highest BCUT2D eigenvalue weighted by molar-refractivity contribution is 5.62. The van der Waals surface area contributed by atoms with Gasteiger partial charge in [0.05, 0.1) is 0 Å². The number of benzene rings is 2. The van der Waals surface area contributed by atoms with E-state index in [9.17, 15) is 0 Å². The van der Waals surface area contributed by atoms with Crippen molar-refractivity contribution in [3.63, 3.8) is 0 Å². The Morgan fingerprint density at radius 3 is 2.26 bits per heavy atom. The van der Waals surface area contributed by atoms with Crippen LogP contribution >= 0.6 is 0 Å². The molecule has 0 bridgehead atoms. The van der Waals surface area contributed by atoms with Crippen LogP contribution in [-0.2, 0) is 13.1 Å². The number of nitrogens with zero attached hydrogens (tertiary/aromatic N) is 3. The zero-order chi connectivity index (χ0) is 16.1. The van der Waals surface area contributed by atoms with Gasteiger partial charge in [0.15, 0.2) is 0 Å². The van der Waals surface area contributed by atoms with Crippen molar-refractivity contribution in [3.8, 4) is 11.1 Å².